The van der Waals surface area contributed by atoms with Gasteiger partial charge < -0.3 is 14.7 Å². The van der Waals surface area contributed by atoms with Gasteiger partial charge in [-0.2, -0.15) is 0 Å². The van der Waals surface area contributed by atoms with E-state index in [2.05, 4.69) is 0 Å². The van der Waals surface area contributed by atoms with Crippen LogP contribution in [0.5, 0.6) is 5.75 Å². The molecule has 0 aliphatic carbocycles. The summed E-state index contributed by atoms with van der Waals surface area (Å²) >= 11 is 0. The predicted molar refractivity (Wildman–Crippen MR) is 93.1 cm³/mol. The van der Waals surface area contributed by atoms with E-state index in [1.54, 1.807) is 42.3 Å². The zero-order valence-electron chi connectivity index (χ0n) is 14.2. The van der Waals surface area contributed by atoms with E-state index in [1.807, 2.05) is 6.07 Å². The Hall–Kier alpha value is -2.40. The van der Waals surface area contributed by atoms with Crippen LogP contribution in [0.1, 0.15) is 22.3 Å². The SMILES string of the molecule is COc1ccc(C(=O)N2CC[C@@H](O)[C@H](Cc3cccc(F)c3)C2)cc1. The zero-order chi connectivity index (χ0) is 17.8. The number of benzene rings is 2. The van der Waals surface area contributed by atoms with Gasteiger partial charge in [0.2, 0.25) is 0 Å². The first kappa shape index (κ1) is 17.4. The summed E-state index contributed by atoms with van der Waals surface area (Å²) in [6.45, 7) is 0.980. The van der Waals surface area contributed by atoms with Crippen LogP contribution in [0.3, 0.4) is 0 Å². The molecule has 1 N–H and O–H groups in total. The van der Waals surface area contributed by atoms with Crippen molar-refractivity contribution in [3.05, 3.63) is 65.5 Å². The van der Waals surface area contributed by atoms with Gasteiger partial charge in [0.25, 0.3) is 5.91 Å². The molecule has 1 aliphatic rings. The molecule has 1 saturated heterocycles. The molecule has 5 heteroatoms. The highest BCUT2D eigenvalue weighted by atomic mass is 19.1. The third kappa shape index (κ3) is 4.17. The summed E-state index contributed by atoms with van der Waals surface area (Å²) in [5, 5.41) is 10.3. The molecule has 1 aliphatic heterocycles. The van der Waals surface area contributed by atoms with Crippen LogP contribution in [0.2, 0.25) is 0 Å². The predicted octanol–water partition coefficient (Wildman–Crippen LogP) is 2.90. The minimum absolute atomic E-state index is 0.0567. The molecule has 4 nitrogen and oxygen atoms in total. The second-order valence-corrected chi connectivity index (χ2v) is 6.43. The largest absolute Gasteiger partial charge is 0.497 e. The first-order valence-electron chi connectivity index (χ1n) is 8.42. The molecule has 2 aromatic carbocycles. The number of carbonyl (C=O) groups excluding carboxylic acids is 1. The number of halogens is 1. The molecule has 0 aromatic heterocycles. The third-order valence-electron chi connectivity index (χ3n) is 4.70. The average Bonchev–Trinajstić information content (AvgIpc) is 2.63. The van der Waals surface area contributed by atoms with E-state index in [-0.39, 0.29) is 17.6 Å². The third-order valence-corrected chi connectivity index (χ3v) is 4.70. The van der Waals surface area contributed by atoms with E-state index < -0.39 is 6.10 Å². The molecule has 0 spiro atoms. The molecule has 132 valence electrons. The van der Waals surface area contributed by atoms with Gasteiger partial charge in [-0.3, -0.25) is 4.79 Å². The van der Waals surface area contributed by atoms with Gasteiger partial charge >= 0.3 is 0 Å². The van der Waals surface area contributed by atoms with Gasteiger partial charge in [0, 0.05) is 24.6 Å². The molecule has 1 amide bonds. The number of likely N-dealkylation sites (tertiary alicyclic amines) is 1. The van der Waals surface area contributed by atoms with Crippen LogP contribution in [-0.2, 0) is 6.42 Å². The Balaban J connectivity index is 1.69. The van der Waals surface area contributed by atoms with Crippen LogP contribution in [0, 0.1) is 11.7 Å². The number of piperidine rings is 1. The minimum atomic E-state index is -0.483. The van der Waals surface area contributed by atoms with Crippen molar-refractivity contribution in [3.63, 3.8) is 0 Å². The van der Waals surface area contributed by atoms with E-state index in [0.29, 0.717) is 37.2 Å². The lowest BCUT2D eigenvalue weighted by Gasteiger charge is -2.36. The molecule has 2 atom stereocenters. The minimum Gasteiger partial charge on any atom is -0.497 e. The van der Waals surface area contributed by atoms with E-state index in [4.69, 9.17) is 4.74 Å². The lowest BCUT2D eigenvalue weighted by molar-refractivity contribution is 0.0241. The van der Waals surface area contributed by atoms with Crippen LogP contribution < -0.4 is 4.74 Å². The zero-order valence-corrected chi connectivity index (χ0v) is 14.2. The second-order valence-electron chi connectivity index (χ2n) is 6.43. The van der Waals surface area contributed by atoms with Crippen molar-refractivity contribution in [3.8, 4) is 5.75 Å². The Morgan fingerprint density at radius 3 is 2.72 bits per heavy atom. The Labute approximate surface area is 146 Å². The van der Waals surface area contributed by atoms with Crippen molar-refractivity contribution in [1.82, 2.24) is 4.90 Å². The molecule has 25 heavy (non-hydrogen) atoms. The van der Waals surface area contributed by atoms with E-state index in [1.165, 1.54) is 12.1 Å². The van der Waals surface area contributed by atoms with Gasteiger partial charge in [0.05, 0.1) is 13.2 Å². The van der Waals surface area contributed by atoms with E-state index in [0.717, 1.165) is 5.56 Å². The number of hydrogen-bond acceptors (Lipinski definition) is 3. The quantitative estimate of drug-likeness (QED) is 0.929. The molecule has 0 unspecified atom stereocenters. The fraction of sp³-hybridized carbons (Fsp3) is 0.350. The van der Waals surface area contributed by atoms with Crippen LogP contribution in [0.4, 0.5) is 4.39 Å². The van der Waals surface area contributed by atoms with Gasteiger partial charge in [0.15, 0.2) is 0 Å². The molecule has 0 saturated carbocycles. The van der Waals surface area contributed by atoms with E-state index in [9.17, 15) is 14.3 Å². The highest BCUT2D eigenvalue weighted by Gasteiger charge is 2.30. The second kappa shape index (κ2) is 7.66. The number of ether oxygens (including phenoxy) is 1. The van der Waals surface area contributed by atoms with Crippen molar-refractivity contribution in [1.29, 1.82) is 0 Å². The molecular formula is C20H22FNO3. The molecule has 0 bridgehead atoms. The molecule has 1 fully saturated rings. The number of amides is 1. The number of carbonyl (C=O) groups is 1. The van der Waals surface area contributed by atoms with Crippen molar-refractivity contribution in [2.75, 3.05) is 20.2 Å². The highest BCUT2D eigenvalue weighted by Crippen LogP contribution is 2.24. The van der Waals surface area contributed by atoms with Crippen molar-refractivity contribution in [2.24, 2.45) is 5.92 Å². The summed E-state index contributed by atoms with van der Waals surface area (Å²) in [7, 11) is 1.58. The Morgan fingerprint density at radius 2 is 2.04 bits per heavy atom. The van der Waals surface area contributed by atoms with Crippen LogP contribution in [0.25, 0.3) is 0 Å². The van der Waals surface area contributed by atoms with Crippen LogP contribution in [0.15, 0.2) is 48.5 Å². The summed E-state index contributed by atoms with van der Waals surface area (Å²) in [6, 6.07) is 13.4. The first-order valence-corrected chi connectivity index (χ1v) is 8.42. The first-order chi connectivity index (χ1) is 12.1. The number of nitrogens with zero attached hydrogens (tertiary/aromatic N) is 1. The molecule has 2 aromatic rings. The maximum atomic E-state index is 13.4. The van der Waals surface area contributed by atoms with Crippen molar-refractivity contribution in [2.45, 2.75) is 18.9 Å². The summed E-state index contributed by atoms with van der Waals surface area (Å²) in [4.78, 5) is 14.5. The average molecular weight is 343 g/mol. The lowest BCUT2D eigenvalue weighted by Crippen LogP contribution is -2.46. The summed E-state index contributed by atoms with van der Waals surface area (Å²) < 4.78 is 18.5. The van der Waals surface area contributed by atoms with Crippen LogP contribution >= 0.6 is 0 Å². The number of rotatable bonds is 4. The maximum absolute atomic E-state index is 13.4. The Bertz CT molecular complexity index is 732. The summed E-state index contributed by atoms with van der Waals surface area (Å²) in [6.07, 6.45) is 0.593. The number of aliphatic hydroxyl groups excluding tert-OH is 1. The Morgan fingerprint density at radius 1 is 1.28 bits per heavy atom. The van der Waals surface area contributed by atoms with Crippen LogP contribution in [-0.4, -0.2) is 42.2 Å². The number of methoxy groups -OCH3 is 1. The standard InChI is InChI=1S/C20H22FNO3/c1-25-18-7-5-15(6-8-18)20(24)22-10-9-19(23)16(13-22)11-14-3-2-4-17(21)12-14/h2-8,12,16,19,23H,9-11,13H2,1H3/t16-,19-/m1/s1. The van der Waals surface area contributed by atoms with Gasteiger partial charge in [-0.1, -0.05) is 12.1 Å². The normalized spacial score (nSPS) is 20.4. The number of aliphatic hydroxyl groups is 1. The topological polar surface area (TPSA) is 49.8 Å². The summed E-state index contributed by atoms with van der Waals surface area (Å²) in [5.74, 6) is 0.264. The van der Waals surface area contributed by atoms with Crippen molar-refractivity contribution < 1.29 is 19.0 Å². The molecule has 1 heterocycles. The molecular weight excluding hydrogens is 321 g/mol. The summed E-state index contributed by atoms with van der Waals surface area (Å²) in [5.41, 5.74) is 1.43. The lowest BCUT2D eigenvalue weighted by atomic mass is 9.88. The van der Waals surface area contributed by atoms with E-state index >= 15 is 0 Å². The fourth-order valence-corrected chi connectivity index (χ4v) is 3.29. The fourth-order valence-electron chi connectivity index (χ4n) is 3.29. The van der Waals surface area contributed by atoms with Gasteiger partial charge in [-0.15, -0.1) is 0 Å². The van der Waals surface area contributed by atoms with Gasteiger partial charge in [0.1, 0.15) is 11.6 Å². The Kier molecular flexibility index (Phi) is 5.34. The molecule has 0 radical (unpaired) electrons. The highest BCUT2D eigenvalue weighted by molar-refractivity contribution is 5.94. The molecule has 3 rings (SSSR count). The smallest absolute Gasteiger partial charge is 0.253 e. The maximum Gasteiger partial charge on any atom is 0.253 e. The number of hydrogen-bond donors (Lipinski definition) is 1. The van der Waals surface area contributed by atoms with Crippen molar-refractivity contribution >= 4 is 5.91 Å². The monoisotopic (exact) mass is 343 g/mol. The van der Waals surface area contributed by atoms with Gasteiger partial charge in [-0.05, 0) is 54.8 Å². The van der Waals surface area contributed by atoms with Gasteiger partial charge in [-0.25, -0.2) is 4.39 Å².